The molecule has 4 N–H and O–H groups in total. The molecule has 4 nitrogen and oxygen atoms in total. The highest BCUT2D eigenvalue weighted by molar-refractivity contribution is 4.76. The molecule has 0 radical (unpaired) electrons. The van der Waals surface area contributed by atoms with Crippen LogP contribution >= 0.6 is 0 Å². The number of hydrogen-bond donors (Lipinski definition) is 4. The van der Waals surface area contributed by atoms with Crippen LogP contribution in [0.1, 0.15) is 0 Å². The summed E-state index contributed by atoms with van der Waals surface area (Å²) >= 11 is 0. The van der Waals surface area contributed by atoms with Crippen LogP contribution in [0.3, 0.4) is 0 Å². The van der Waals surface area contributed by atoms with Crippen LogP contribution in [0.2, 0.25) is 0 Å². The molecule has 8 heteroatoms. The van der Waals surface area contributed by atoms with Gasteiger partial charge in [0, 0.05) is 26.2 Å². The molecule has 0 aromatic heterocycles. The second-order valence-corrected chi connectivity index (χ2v) is 4.42. The summed E-state index contributed by atoms with van der Waals surface area (Å²) in [6.07, 6.45) is 0. The summed E-state index contributed by atoms with van der Waals surface area (Å²) in [7, 11) is 0. The first-order chi connectivity index (χ1) is 8.41. The van der Waals surface area contributed by atoms with Crippen LogP contribution in [0.5, 0.6) is 0 Å². The van der Waals surface area contributed by atoms with Crippen LogP contribution in [0.15, 0.2) is 0 Å². The first-order valence-corrected chi connectivity index (χ1v) is 6.00. The molecular formula is C10H20F4N4. The quantitative estimate of drug-likeness (QED) is 0.455. The van der Waals surface area contributed by atoms with Gasteiger partial charge in [0.1, 0.15) is 0 Å². The van der Waals surface area contributed by atoms with Crippen LogP contribution in [0.25, 0.3) is 0 Å². The largest absolute Gasteiger partial charge is 0.310 e. The van der Waals surface area contributed by atoms with Crippen LogP contribution in [0, 0.1) is 0 Å². The Labute approximate surface area is 104 Å². The zero-order chi connectivity index (χ0) is 13.5. The van der Waals surface area contributed by atoms with E-state index in [1.807, 2.05) is 0 Å². The lowest BCUT2D eigenvalue weighted by Crippen LogP contribution is -2.48. The average molecular weight is 272 g/mol. The molecule has 108 valence electrons. The molecule has 0 amide bonds. The molecule has 18 heavy (non-hydrogen) atoms. The first kappa shape index (κ1) is 15.6. The summed E-state index contributed by atoms with van der Waals surface area (Å²) in [6.45, 7) is -0.871. The molecule has 0 bridgehead atoms. The number of hydrogen-bond acceptors (Lipinski definition) is 4. The summed E-state index contributed by atoms with van der Waals surface area (Å²) < 4.78 is 52.8. The standard InChI is InChI=1S/C10H20F4N4/c11-9(12)5-15-1-2-16-6-10(13,14)8-18-4-3-17-7-9/h15-18H,1-8H2. The number of rotatable bonds is 0. The average Bonchev–Trinajstić information content (AvgIpc) is 2.27. The molecule has 1 aliphatic rings. The summed E-state index contributed by atoms with van der Waals surface area (Å²) in [6, 6.07) is 0. The molecule has 0 atom stereocenters. The summed E-state index contributed by atoms with van der Waals surface area (Å²) in [5, 5.41) is 10.2. The van der Waals surface area contributed by atoms with Crippen molar-refractivity contribution in [1.29, 1.82) is 0 Å². The highest BCUT2D eigenvalue weighted by Crippen LogP contribution is 2.11. The van der Waals surface area contributed by atoms with Gasteiger partial charge in [-0.05, 0) is 0 Å². The van der Waals surface area contributed by atoms with E-state index >= 15 is 0 Å². The topological polar surface area (TPSA) is 48.1 Å². The monoisotopic (exact) mass is 272 g/mol. The Balaban J connectivity index is 2.36. The van der Waals surface area contributed by atoms with Gasteiger partial charge in [-0.15, -0.1) is 0 Å². The molecule has 0 aromatic rings. The third-order valence-electron chi connectivity index (χ3n) is 2.49. The molecule has 0 spiro atoms. The number of halogens is 4. The fourth-order valence-electron chi connectivity index (χ4n) is 1.56. The van der Waals surface area contributed by atoms with Crippen molar-refractivity contribution in [3.05, 3.63) is 0 Å². The lowest BCUT2D eigenvalue weighted by molar-refractivity contribution is -0.00318. The van der Waals surface area contributed by atoms with Gasteiger partial charge in [0.2, 0.25) is 0 Å². The Hall–Kier alpha value is -0.440. The molecule has 1 rings (SSSR count). The van der Waals surface area contributed by atoms with E-state index in [4.69, 9.17) is 0 Å². The number of nitrogens with one attached hydrogen (secondary N) is 4. The molecular weight excluding hydrogens is 252 g/mol. The fraction of sp³-hybridized carbons (Fsp3) is 1.00. The molecule has 1 aliphatic heterocycles. The van der Waals surface area contributed by atoms with Gasteiger partial charge in [0.25, 0.3) is 11.8 Å². The van der Waals surface area contributed by atoms with Crippen molar-refractivity contribution >= 4 is 0 Å². The molecule has 1 fully saturated rings. The lowest BCUT2D eigenvalue weighted by atomic mass is 10.3. The Morgan fingerprint density at radius 2 is 0.722 bits per heavy atom. The Morgan fingerprint density at radius 1 is 0.500 bits per heavy atom. The summed E-state index contributed by atoms with van der Waals surface area (Å²) in [5.41, 5.74) is 0. The Bertz CT molecular complexity index is 194. The van der Waals surface area contributed by atoms with Gasteiger partial charge in [-0.2, -0.15) is 0 Å². The van der Waals surface area contributed by atoms with E-state index < -0.39 is 38.0 Å². The maximum absolute atomic E-state index is 13.2. The van der Waals surface area contributed by atoms with Crippen molar-refractivity contribution in [3.63, 3.8) is 0 Å². The van der Waals surface area contributed by atoms with E-state index in [9.17, 15) is 17.6 Å². The van der Waals surface area contributed by atoms with E-state index in [1.165, 1.54) is 0 Å². The third kappa shape index (κ3) is 7.10. The molecule has 0 aliphatic carbocycles. The van der Waals surface area contributed by atoms with Gasteiger partial charge < -0.3 is 21.3 Å². The zero-order valence-corrected chi connectivity index (χ0v) is 10.2. The van der Waals surface area contributed by atoms with Crippen molar-refractivity contribution in [1.82, 2.24) is 21.3 Å². The van der Waals surface area contributed by atoms with Crippen molar-refractivity contribution in [3.8, 4) is 0 Å². The zero-order valence-electron chi connectivity index (χ0n) is 10.2. The lowest BCUT2D eigenvalue weighted by Gasteiger charge is -2.21. The van der Waals surface area contributed by atoms with Gasteiger partial charge >= 0.3 is 0 Å². The van der Waals surface area contributed by atoms with Crippen LogP contribution < -0.4 is 21.3 Å². The van der Waals surface area contributed by atoms with E-state index in [0.717, 1.165) is 0 Å². The van der Waals surface area contributed by atoms with Crippen molar-refractivity contribution in [2.24, 2.45) is 0 Å². The summed E-state index contributed by atoms with van der Waals surface area (Å²) in [4.78, 5) is 0. The van der Waals surface area contributed by atoms with Crippen LogP contribution in [-0.2, 0) is 0 Å². The number of alkyl halides is 4. The molecule has 1 heterocycles. The Kier molecular flexibility index (Phi) is 6.27. The third-order valence-corrected chi connectivity index (χ3v) is 2.49. The summed E-state index contributed by atoms with van der Waals surface area (Å²) in [5.74, 6) is -5.65. The van der Waals surface area contributed by atoms with E-state index in [-0.39, 0.29) is 26.2 Å². The molecule has 1 saturated heterocycles. The predicted octanol–water partition coefficient (Wildman–Crippen LogP) is -0.371. The maximum Gasteiger partial charge on any atom is 0.272 e. The van der Waals surface area contributed by atoms with E-state index in [0.29, 0.717) is 0 Å². The highest BCUT2D eigenvalue weighted by Gasteiger charge is 2.29. The Morgan fingerprint density at radius 3 is 0.944 bits per heavy atom. The van der Waals surface area contributed by atoms with Gasteiger partial charge in [-0.3, -0.25) is 0 Å². The second-order valence-electron chi connectivity index (χ2n) is 4.42. The maximum atomic E-state index is 13.2. The van der Waals surface area contributed by atoms with Gasteiger partial charge in [-0.1, -0.05) is 0 Å². The fourth-order valence-corrected chi connectivity index (χ4v) is 1.56. The van der Waals surface area contributed by atoms with Crippen LogP contribution in [0.4, 0.5) is 17.6 Å². The van der Waals surface area contributed by atoms with Gasteiger partial charge in [0.05, 0.1) is 26.2 Å². The van der Waals surface area contributed by atoms with Gasteiger partial charge in [0.15, 0.2) is 0 Å². The van der Waals surface area contributed by atoms with Gasteiger partial charge in [-0.25, -0.2) is 17.6 Å². The minimum Gasteiger partial charge on any atom is -0.310 e. The minimum atomic E-state index is -2.83. The highest BCUT2D eigenvalue weighted by atomic mass is 19.3. The predicted molar refractivity (Wildman–Crippen MR) is 61.4 cm³/mol. The minimum absolute atomic E-state index is 0.235. The second kappa shape index (κ2) is 7.22. The van der Waals surface area contributed by atoms with Crippen LogP contribution in [-0.4, -0.2) is 64.2 Å². The van der Waals surface area contributed by atoms with E-state index in [2.05, 4.69) is 21.3 Å². The molecule has 0 unspecified atom stereocenters. The smallest absolute Gasteiger partial charge is 0.272 e. The normalized spacial score (nSPS) is 27.3. The molecule has 0 aromatic carbocycles. The molecule has 0 saturated carbocycles. The van der Waals surface area contributed by atoms with Crippen molar-refractivity contribution < 1.29 is 17.6 Å². The van der Waals surface area contributed by atoms with Crippen molar-refractivity contribution in [2.45, 2.75) is 11.8 Å². The van der Waals surface area contributed by atoms with Crippen molar-refractivity contribution in [2.75, 3.05) is 52.4 Å². The first-order valence-electron chi connectivity index (χ1n) is 6.00. The SMILES string of the molecule is FC1(F)CNCCNCC(F)(F)CNCCNC1. The van der Waals surface area contributed by atoms with E-state index in [1.54, 1.807) is 0 Å².